The van der Waals surface area contributed by atoms with Gasteiger partial charge in [-0.15, -0.1) is 0 Å². The number of hydrogen-bond donors (Lipinski definition) is 2. The van der Waals surface area contributed by atoms with Crippen molar-refractivity contribution in [3.8, 4) is 11.8 Å². The Hall–Kier alpha value is -1.41. The zero-order chi connectivity index (χ0) is 14.6. The Kier molecular flexibility index (Phi) is 4.77. The predicted molar refractivity (Wildman–Crippen MR) is 77.5 cm³/mol. The smallest absolute Gasteiger partial charge is 0.138 e. The molecule has 20 heavy (non-hydrogen) atoms. The summed E-state index contributed by atoms with van der Waals surface area (Å²) in [4.78, 5) is 2.27. The zero-order valence-electron chi connectivity index (χ0n) is 11.8. The van der Waals surface area contributed by atoms with Crippen molar-refractivity contribution in [1.29, 1.82) is 0 Å². The van der Waals surface area contributed by atoms with Crippen LogP contribution in [0.3, 0.4) is 0 Å². The Morgan fingerprint density at radius 3 is 2.75 bits per heavy atom. The summed E-state index contributed by atoms with van der Waals surface area (Å²) < 4.78 is 13.6. The van der Waals surface area contributed by atoms with Crippen LogP contribution in [0.15, 0.2) is 18.2 Å². The van der Waals surface area contributed by atoms with Gasteiger partial charge >= 0.3 is 0 Å². The van der Waals surface area contributed by atoms with Crippen LogP contribution in [0, 0.1) is 17.7 Å². The van der Waals surface area contributed by atoms with Crippen molar-refractivity contribution in [2.45, 2.75) is 31.9 Å². The molecule has 4 heteroatoms. The van der Waals surface area contributed by atoms with Gasteiger partial charge in [-0.1, -0.05) is 17.9 Å². The minimum Gasteiger partial charge on any atom is -0.390 e. The molecule has 1 aromatic rings. The van der Waals surface area contributed by atoms with Crippen molar-refractivity contribution >= 4 is 0 Å². The molecule has 0 bridgehead atoms. The van der Waals surface area contributed by atoms with Gasteiger partial charge in [0.2, 0.25) is 0 Å². The van der Waals surface area contributed by atoms with E-state index in [0.717, 1.165) is 38.0 Å². The van der Waals surface area contributed by atoms with E-state index in [0.29, 0.717) is 5.56 Å². The Morgan fingerprint density at radius 1 is 1.40 bits per heavy atom. The molecule has 1 fully saturated rings. The third-order valence-corrected chi connectivity index (χ3v) is 3.70. The van der Waals surface area contributed by atoms with E-state index >= 15 is 0 Å². The highest BCUT2D eigenvalue weighted by Gasteiger charge is 2.27. The first kappa shape index (κ1) is 15.0. The second-order valence-electron chi connectivity index (χ2n) is 5.59. The number of benzene rings is 1. The van der Waals surface area contributed by atoms with Crippen LogP contribution in [0.5, 0.6) is 0 Å². The molecule has 3 nitrogen and oxygen atoms in total. The number of hydrogen-bond acceptors (Lipinski definition) is 3. The summed E-state index contributed by atoms with van der Waals surface area (Å²) in [6, 6.07) is 5.02. The largest absolute Gasteiger partial charge is 0.390 e. The van der Waals surface area contributed by atoms with Gasteiger partial charge in [0.15, 0.2) is 0 Å². The summed E-state index contributed by atoms with van der Waals surface area (Å²) in [7, 11) is 0. The summed E-state index contributed by atoms with van der Waals surface area (Å²) in [6.07, 6.45) is 1.54. The van der Waals surface area contributed by atoms with E-state index in [-0.39, 0.29) is 12.4 Å². The molecule has 0 saturated carbocycles. The number of piperidine rings is 1. The molecule has 108 valence electrons. The Morgan fingerprint density at radius 2 is 2.10 bits per heavy atom. The molecule has 0 atom stereocenters. The first-order valence-electron chi connectivity index (χ1n) is 6.92. The number of nitrogens with two attached hydrogens (primary N) is 1. The van der Waals surface area contributed by atoms with Crippen LogP contribution in [0.1, 0.15) is 30.9 Å². The fourth-order valence-corrected chi connectivity index (χ4v) is 2.36. The van der Waals surface area contributed by atoms with Gasteiger partial charge in [0.1, 0.15) is 5.82 Å². The average Bonchev–Trinajstić information content (AvgIpc) is 2.42. The van der Waals surface area contributed by atoms with E-state index in [1.54, 1.807) is 12.1 Å². The van der Waals surface area contributed by atoms with E-state index < -0.39 is 5.60 Å². The van der Waals surface area contributed by atoms with E-state index in [4.69, 9.17) is 5.73 Å². The fraction of sp³-hybridized carbons (Fsp3) is 0.500. The molecule has 2 rings (SSSR count). The number of rotatable bonds is 2. The summed E-state index contributed by atoms with van der Waals surface area (Å²) >= 11 is 0. The molecule has 0 spiro atoms. The molecule has 3 N–H and O–H groups in total. The van der Waals surface area contributed by atoms with Crippen molar-refractivity contribution in [2.75, 3.05) is 19.6 Å². The van der Waals surface area contributed by atoms with Crippen LogP contribution in [0.2, 0.25) is 0 Å². The second kappa shape index (κ2) is 6.36. The predicted octanol–water partition coefficient (Wildman–Crippen LogP) is 1.48. The van der Waals surface area contributed by atoms with Gasteiger partial charge in [0.05, 0.1) is 17.7 Å². The standard InChI is InChI=1S/C16H21FN2O/c1-16(20)6-9-19(10-7-16)12-13-4-5-15(17)14(11-13)3-2-8-18/h4-5,11,20H,6-10,12,18H2,1H3. The van der Waals surface area contributed by atoms with Crippen molar-refractivity contribution in [1.82, 2.24) is 4.90 Å². The van der Waals surface area contributed by atoms with Gasteiger partial charge in [-0.05, 0) is 37.5 Å². The minimum atomic E-state index is -0.545. The minimum absolute atomic E-state index is 0.227. The lowest BCUT2D eigenvalue weighted by Crippen LogP contribution is -2.41. The van der Waals surface area contributed by atoms with Gasteiger partial charge in [0.25, 0.3) is 0 Å². The van der Waals surface area contributed by atoms with Crippen LogP contribution >= 0.6 is 0 Å². The Balaban J connectivity index is 2.03. The van der Waals surface area contributed by atoms with Crippen molar-refractivity contribution in [3.63, 3.8) is 0 Å². The maximum absolute atomic E-state index is 13.6. The van der Waals surface area contributed by atoms with Gasteiger partial charge in [-0.25, -0.2) is 4.39 Å². The number of halogens is 1. The summed E-state index contributed by atoms with van der Waals surface area (Å²) in [5.74, 6) is 5.12. The Bertz CT molecular complexity index is 521. The number of nitrogens with zero attached hydrogens (tertiary/aromatic N) is 1. The third kappa shape index (κ3) is 4.04. The molecule has 1 aliphatic heterocycles. The van der Waals surface area contributed by atoms with E-state index in [2.05, 4.69) is 16.7 Å². The normalized spacial score (nSPS) is 18.4. The molecule has 1 heterocycles. The molecule has 0 radical (unpaired) electrons. The topological polar surface area (TPSA) is 49.5 Å². The molecule has 0 unspecified atom stereocenters. The van der Waals surface area contributed by atoms with Gasteiger partial charge < -0.3 is 10.8 Å². The summed E-state index contributed by atoms with van der Waals surface area (Å²) in [6.45, 7) is 4.57. The van der Waals surface area contributed by atoms with E-state index in [1.807, 2.05) is 6.92 Å². The lowest BCUT2D eigenvalue weighted by atomic mass is 9.93. The van der Waals surface area contributed by atoms with Crippen LogP contribution in [-0.4, -0.2) is 35.2 Å². The third-order valence-electron chi connectivity index (χ3n) is 3.70. The summed E-state index contributed by atoms with van der Waals surface area (Å²) in [5.41, 5.74) is 6.20. The first-order chi connectivity index (χ1) is 9.50. The average molecular weight is 276 g/mol. The van der Waals surface area contributed by atoms with Crippen molar-refractivity contribution in [3.05, 3.63) is 35.1 Å². The molecular weight excluding hydrogens is 255 g/mol. The quantitative estimate of drug-likeness (QED) is 0.805. The van der Waals surface area contributed by atoms with Crippen LogP contribution in [-0.2, 0) is 6.54 Å². The van der Waals surface area contributed by atoms with Crippen LogP contribution in [0.4, 0.5) is 4.39 Å². The van der Waals surface area contributed by atoms with Crippen molar-refractivity contribution in [2.24, 2.45) is 5.73 Å². The van der Waals surface area contributed by atoms with Crippen LogP contribution in [0.25, 0.3) is 0 Å². The van der Waals surface area contributed by atoms with Crippen molar-refractivity contribution < 1.29 is 9.50 Å². The fourth-order valence-electron chi connectivity index (χ4n) is 2.36. The van der Waals surface area contributed by atoms with Crippen LogP contribution < -0.4 is 5.73 Å². The van der Waals surface area contributed by atoms with Gasteiger partial charge in [-0.2, -0.15) is 0 Å². The van der Waals surface area contributed by atoms with Gasteiger partial charge in [0, 0.05) is 19.6 Å². The lowest BCUT2D eigenvalue weighted by Gasteiger charge is -2.35. The molecule has 0 aromatic heterocycles. The Labute approximate surface area is 119 Å². The maximum atomic E-state index is 13.6. The maximum Gasteiger partial charge on any atom is 0.138 e. The monoisotopic (exact) mass is 276 g/mol. The molecule has 1 saturated heterocycles. The zero-order valence-corrected chi connectivity index (χ0v) is 11.8. The molecule has 0 amide bonds. The van der Waals surface area contributed by atoms with E-state index in [1.165, 1.54) is 6.07 Å². The molecule has 0 aliphatic carbocycles. The highest BCUT2D eigenvalue weighted by atomic mass is 19.1. The summed E-state index contributed by atoms with van der Waals surface area (Å²) in [5, 5.41) is 9.93. The lowest BCUT2D eigenvalue weighted by molar-refractivity contribution is -0.00730. The first-order valence-corrected chi connectivity index (χ1v) is 6.92. The number of likely N-dealkylation sites (tertiary alicyclic amines) is 1. The SMILES string of the molecule is CC1(O)CCN(Cc2ccc(F)c(C#CCN)c2)CC1. The molecule has 1 aliphatic rings. The van der Waals surface area contributed by atoms with Gasteiger partial charge in [-0.3, -0.25) is 4.90 Å². The number of aliphatic hydroxyl groups is 1. The molecular formula is C16H21FN2O. The van der Waals surface area contributed by atoms with E-state index in [9.17, 15) is 9.50 Å². The molecule has 1 aromatic carbocycles. The highest BCUT2D eigenvalue weighted by molar-refractivity contribution is 5.38. The second-order valence-corrected chi connectivity index (χ2v) is 5.59. The highest BCUT2D eigenvalue weighted by Crippen LogP contribution is 2.22.